The molecule has 0 aromatic rings. The van der Waals surface area contributed by atoms with E-state index in [1.54, 1.807) is 0 Å². The second kappa shape index (κ2) is 3.32. The summed E-state index contributed by atoms with van der Waals surface area (Å²) in [5.74, 6) is 0.902. The van der Waals surface area contributed by atoms with Gasteiger partial charge in [-0.05, 0) is 31.1 Å². The number of hydrogen-bond donors (Lipinski definition) is 2. The number of aliphatic hydroxyl groups excluding tert-OH is 2. The van der Waals surface area contributed by atoms with Crippen LogP contribution in [-0.2, 0) is 4.74 Å². The Morgan fingerprint density at radius 2 is 1.58 bits per heavy atom. The monoisotopic (exact) mass is 171 g/mol. The zero-order valence-electron chi connectivity index (χ0n) is 7.02. The first kappa shape index (κ1) is 8.48. The van der Waals surface area contributed by atoms with Gasteiger partial charge in [0.1, 0.15) is 0 Å². The second-order valence-electron chi connectivity index (χ2n) is 3.67. The average molecular weight is 171 g/mol. The van der Waals surface area contributed by atoms with Crippen LogP contribution in [0, 0.1) is 18.3 Å². The molecule has 2 N–H and O–H groups in total. The van der Waals surface area contributed by atoms with Crippen molar-refractivity contribution in [2.24, 2.45) is 11.8 Å². The van der Waals surface area contributed by atoms with Crippen molar-refractivity contribution in [1.82, 2.24) is 0 Å². The molecule has 1 heterocycles. The summed E-state index contributed by atoms with van der Waals surface area (Å²) in [6, 6.07) is 0. The van der Waals surface area contributed by atoms with Gasteiger partial charge in [0.25, 0.3) is 0 Å². The molecule has 1 saturated heterocycles. The van der Waals surface area contributed by atoms with Gasteiger partial charge in [0.05, 0.1) is 25.4 Å². The summed E-state index contributed by atoms with van der Waals surface area (Å²) in [4.78, 5) is 0. The summed E-state index contributed by atoms with van der Waals surface area (Å²) in [7, 11) is 0. The van der Waals surface area contributed by atoms with E-state index in [1.807, 2.05) is 0 Å². The maximum Gasteiger partial charge on any atom is 0.0842 e. The van der Waals surface area contributed by atoms with Crippen LogP contribution in [0.25, 0.3) is 0 Å². The van der Waals surface area contributed by atoms with E-state index < -0.39 is 0 Å². The molecule has 1 saturated carbocycles. The fourth-order valence-electron chi connectivity index (χ4n) is 2.47. The minimum absolute atomic E-state index is 0.0362. The highest BCUT2D eigenvalue weighted by Gasteiger charge is 2.45. The van der Waals surface area contributed by atoms with Crippen LogP contribution in [0.2, 0.25) is 0 Å². The predicted octanol–water partition coefficient (Wildman–Crippen LogP) is -0.0311. The molecule has 4 unspecified atom stereocenters. The van der Waals surface area contributed by atoms with Crippen LogP contribution in [0.3, 0.4) is 0 Å². The van der Waals surface area contributed by atoms with Gasteiger partial charge in [-0.25, -0.2) is 0 Å². The van der Waals surface area contributed by atoms with Gasteiger partial charge < -0.3 is 14.9 Å². The van der Waals surface area contributed by atoms with E-state index in [9.17, 15) is 0 Å². The Balaban J connectivity index is 2.05. The molecular weight excluding hydrogens is 156 g/mol. The van der Waals surface area contributed by atoms with E-state index in [0.29, 0.717) is 11.8 Å². The van der Waals surface area contributed by atoms with Gasteiger partial charge in [0.2, 0.25) is 0 Å². The standard InChI is InChI=1S/C9H15O3/c10-4-8-6-2-1-3-7(6)9(5-11)12-8/h1,6-11H,2-5H2. The average Bonchev–Trinajstić information content (AvgIpc) is 2.63. The Morgan fingerprint density at radius 1 is 1.08 bits per heavy atom. The summed E-state index contributed by atoms with van der Waals surface area (Å²) in [5.41, 5.74) is 0. The van der Waals surface area contributed by atoms with Crippen LogP contribution in [0.1, 0.15) is 12.8 Å². The van der Waals surface area contributed by atoms with Gasteiger partial charge in [0, 0.05) is 0 Å². The first-order valence-corrected chi connectivity index (χ1v) is 4.55. The van der Waals surface area contributed by atoms with Crippen molar-refractivity contribution in [3.8, 4) is 0 Å². The van der Waals surface area contributed by atoms with Crippen LogP contribution < -0.4 is 0 Å². The van der Waals surface area contributed by atoms with E-state index in [1.165, 1.54) is 0 Å². The van der Waals surface area contributed by atoms with Crippen molar-refractivity contribution in [2.45, 2.75) is 25.0 Å². The molecule has 0 spiro atoms. The molecule has 3 heteroatoms. The van der Waals surface area contributed by atoms with Crippen molar-refractivity contribution < 1.29 is 14.9 Å². The van der Waals surface area contributed by atoms with Crippen molar-refractivity contribution in [2.75, 3.05) is 13.2 Å². The number of rotatable bonds is 2. The summed E-state index contributed by atoms with van der Waals surface area (Å²) in [6.07, 6.45) is 4.24. The predicted molar refractivity (Wildman–Crippen MR) is 43.3 cm³/mol. The van der Waals surface area contributed by atoms with Gasteiger partial charge >= 0.3 is 0 Å². The quantitative estimate of drug-likeness (QED) is 0.613. The Kier molecular flexibility index (Phi) is 2.35. The molecule has 69 valence electrons. The number of hydrogen-bond acceptors (Lipinski definition) is 3. The lowest BCUT2D eigenvalue weighted by atomic mass is 9.91. The first-order chi connectivity index (χ1) is 5.86. The van der Waals surface area contributed by atoms with Crippen molar-refractivity contribution in [3.05, 3.63) is 6.42 Å². The molecule has 12 heavy (non-hydrogen) atoms. The Hall–Kier alpha value is -0.120. The molecule has 1 radical (unpaired) electrons. The van der Waals surface area contributed by atoms with E-state index in [-0.39, 0.29) is 25.4 Å². The molecule has 1 aliphatic heterocycles. The first-order valence-electron chi connectivity index (χ1n) is 4.55. The number of fused-ring (bicyclic) bond motifs is 1. The number of ether oxygens (including phenoxy) is 1. The third-order valence-electron chi connectivity index (χ3n) is 3.09. The van der Waals surface area contributed by atoms with E-state index in [4.69, 9.17) is 14.9 Å². The highest BCUT2D eigenvalue weighted by Crippen LogP contribution is 2.43. The smallest absolute Gasteiger partial charge is 0.0842 e. The van der Waals surface area contributed by atoms with Crippen LogP contribution in [0.5, 0.6) is 0 Å². The summed E-state index contributed by atoms with van der Waals surface area (Å²) < 4.78 is 5.51. The van der Waals surface area contributed by atoms with Crippen molar-refractivity contribution >= 4 is 0 Å². The lowest BCUT2D eigenvalue weighted by Crippen LogP contribution is -2.21. The molecule has 4 atom stereocenters. The van der Waals surface area contributed by atoms with Crippen LogP contribution in [0.15, 0.2) is 0 Å². The molecule has 2 fully saturated rings. The Labute approximate surface area is 72.3 Å². The third kappa shape index (κ3) is 1.16. The maximum atomic E-state index is 9.01. The summed E-state index contributed by atoms with van der Waals surface area (Å²) in [5, 5.41) is 18.0. The van der Waals surface area contributed by atoms with E-state index in [0.717, 1.165) is 12.8 Å². The Bertz CT molecular complexity index is 144. The lowest BCUT2D eigenvalue weighted by Gasteiger charge is -2.12. The van der Waals surface area contributed by atoms with Gasteiger partial charge in [-0.15, -0.1) is 0 Å². The van der Waals surface area contributed by atoms with Gasteiger partial charge in [-0.2, -0.15) is 0 Å². The molecule has 1 aliphatic carbocycles. The SMILES string of the molecule is OCC1OC(CO)C2C[CH]CC12. The summed E-state index contributed by atoms with van der Waals surface area (Å²) >= 11 is 0. The molecule has 3 nitrogen and oxygen atoms in total. The highest BCUT2D eigenvalue weighted by atomic mass is 16.5. The minimum atomic E-state index is -0.0362. The molecule has 0 aromatic heterocycles. The van der Waals surface area contributed by atoms with E-state index >= 15 is 0 Å². The van der Waals surface area contributed by atoms with Gasteiger partial charge in [-0.3, -0.25) is 0 Å². The Morgan fingerprint density at radius 3 is 2.00 bits per heavy atom. The maximum absolute atomic E-state index is 9.01. The molecular formula is C9H15O3. The fraction of sp³-hybridized carbons (Fsp3) is 0.889. The second-order valence-corrected chi connectivity index (χ2v) is 3.67. The molecule has 0 bridgehead atoms. The van der Waals surface area contributed by atoms with Crippen LogP contribution >= 0.6 is 0 Å². The van der Waals surface area contributed by atoms with Gasteiger partial charge in [-0.1, -0.05) is 0 Å². The molecule has 0 amide bonds. The van der Waals surface area contributed by atoms with Crippen molar-refractivity contribution in [3.63, 3.8) is 0 Å². The topological polar surface area (TPSA) is 49.7 Å². The zero-order valence-corrected chi connectivity index (χ0v) is 7.02. The van der Waals surface area contributed by atoms with Crippen molar-refractivity contribution in [1.29, 1.82) is 0 Å². The fourth-order valence-corrected chi connectivity index (χ4v) is 2.47. The molecule has 2 aliphatic rings. The van der Waals surface area contributed by atoms with E-state index in [2.05, 4.69) is 6.42 Å². The lowest BCUT2D eigenvalue weighted by molar-refractivity contribution is -0.0273. The third-order valence-corrected chi connectivity index (χ3v) is 3.09. The molecule has 0 aromatic carbocycles. The number of aliphatic hydroxyl groups is 2. The zero-order chi connectivity index (χ0) is 8.55. The van der Waals surface area contributed by atoms with Gasteiger partial charge in [0.15, 0.2) is 0 Å². The summed E-state index contributed by atoms with van der Waals surface area (Å²) in [6.45, 7) is 0.178. The minimum Gasteiger partial charge on any atom is -0.394 e. The largest absolute Gasteiger partial charge is 0.394 e. The molecule has 2 rings (SSSR count). The van der Waals surface area contributed by atoms with Crippen LogP contribution in [0.4, 0.5) is 0 Å². The van der Waals surface area contributed by atoms with Crippen LogP contribution in [-0.4, -0.2) is 35.6 Å². The highest BCUT2D eigenvalue weighted by molar-refractivity contribution is 4.99. The normalized spacial score (nSPS) is 46.5.